The van der Waals surface area contributed by atoms with Crippen LogP contribution in [0, 0.1) is 0 Å². The van der Waals surface area contributed by atoms with Gasteiger partial charge in [0.2, 0.25) is 10.0 Å². The van der Waals surface area contributed by atoms with Gasteiger partial charge in [-0.25, -0.2) is 8.42 Å². The van der Waals surface area contributed by atoms with Gasteiger partial charge in [0.25, 0.3) is 0 Å². The molecule has 0 fully saturated rings. The second-order valence-electron chi connectivity index (χ2n) is 5.88. The molecule has 1 aromatic heterocycles. The van der Waals surface area contributed by atoms with Crippen LogP contribution < -0.4 is 4.72 Å². The Kier molecular flexibility index (Phi) is 5.74. The summed E-state index contributed by atoms with van der Waals surface area (Å²) in [5.74, 6) is 0. The first-order valence-corrected chi connectivity index (χ1v) is 9.88. The third-order valence-corrected chi connectivity index (χ3v) is 5.70. The van der Waals surface area contributed by atoms with Crippen molar-refractivity contribution in [2.45, 2.75) is 17.1 Å². The molecule has 28 heavy (non-hydrogen) atoms. The van der Waals surface area contributed by atoms with Crippen LogP contribution in [0.15, 0.2) is 78.0 Å². The zero-order valence-corrected chi connectivity index (χ0v) is 15.8. The molecule has 146 valence electrons. The average molecular weight is 427 g/mol. The van der Waals surface area contributed by atoms with E-state index >= 15 is 0 Å². The van der Waals surface area contributed by atoms with Crippen LogP contribution in [0.1, 0.15) is 22.7 Å². The molecule has 0 saturated heterocycles. The van der Waals surface area contributed by atoms with Crippen molar-refractivity contribution in [2.75, 3.05) is 0 Å². The molecule has 0 radical (unpaired) electrons. The number of nitrogens with one attached hydrogen (secondary N) is 1. The maximum Gasteiger partial charge on any atom is 0.417 e. The number of pyridine rings is 1. The van der Waals surface area contributed by atoms with Gasteiger partial charge < -0.3 is 0 Å². The molecule has 1 unspecified atom stereocenters. The van der Waals surface area contributed by atoms with Crippen molar-refractivity contribution in [3.8, 4) is 0 Å². The lowest BCUT2D eigenvalue weighted by atomic mass is 10.0. The second-order valence-corrected chi connectivity index (χ2v) is 8.00. The fourth-order valence-corrected chi connectivity index (χ4v) is 4.30. The first kappa shape index (κ1) is 20.3. The van der Waals surface area contributed by atoms with Crippen molar-refractivity contribution >= 4 is 21.6 Å². The molecule has 0 spiro atoms. The van der Waals surface area contributed by atoms with Gasteiger partial charge in [-0.15, -0.1) is 0 Å². The predicted molar refractivity (Wildman–Crippen MR) is 99.3 cm³/mol. The van der Waals surface area contributed by atoms with Crippen LogP contribution in [0.25, 0.3) is 0 Å². The van der Waals surface area contributed by atoms with Crippen molar-refractivity contribution in [1.82, 2.24) is 9.71 Å². The molecule has 1 atom stereocenters. The molecule has 0 bridgehead atoms. The summed E-state index contributed by atoms with van der Waals surface area (Å²) in [6.45, 7) is 0. The minimum Gasteiger partial charge on any atom is -0.265 e. The van der Waals surface area contributed by atoms with E-state index in [1.54, 1.807) is 42.5 Å². The number of halogens is 4. The first-order valence-electron chi connectivity index (χ1n) is 8.02. The van der Waals surface area contributed by atoms with Gasteiger partial charge in [0.1, 0.15) is 0 Å². The number of alkyl halides is 3. The molecule has 0 aliphatic carbocycles. The van der Waals surface area contributed by atoms with Gasteiger partial charge in [-0.05, 0) is 41.5 Å². The Bertz CT molecular complexity index is 1020. The number of aromatic nitrogens is 1. The second kappa shape index (κ2) is 7.90. The van der Waals surface area contributed by atoms with E-state index in [9.17, 15) is 21.6 Å². The molecule has 2 aromatic carbocycles. The zero-order chi connectivity index (χ0) is 20.4. The third-order valence-electron chi connectivity index (χ3n) is 3.98. The third kappa shape index (κ3) is 4.52. The van der Waals surface area contributed by atoms with E-state index in [4.69, 9.17) is 11.6 Å². The van der Waals surface area contributed by atoms with E-state index < -0.39 is 32.7 Å². The summed E-state index contributed by atoms with van der Waals surface area (Å²) in [6, 6.07) is 13.4. The molecule has 0 aliphatic heterocycles. The minimum absolute atomic E-state index is 0.208. The van der Waals surface area contributed by atoms with Crippen LogP contribution in [-0.4, -0.2) is 13.4 Å². The zero-order valence-electron chi connectivity index (χ0n) is 14.2. The van der Waals surface area contributed by atoms with Crippen LogP contribution in [0.2, 0.25) is 5.02 Å². The van der Waals surface area contributed by atoms with Gasteiger partial charge in [0.15, 0.2) is 0 Å². The fourth-order valence-electron chi connectivity index (χ4n) is 2.71. The first-order chi connectivity index (χ1) is 13.2. The average Bonchev–Trinajstić information content (AvgIpc) is 2.66. The van der Waals surface area contributed by atoms with Gasteiger partial charge in [-0.1, -0.05) is 41.9 Å². The Morgan fingerprint density at radius 1 is 0.929 bits per heavy atom. The summed E-state index contributed by atoms with van der Waals surface area (Å²) in [5, 5.41) is -0.208. The van der Waals surface area contributed by atoms with E-state index in [1.807, 2.05) is 0 Å². The Labute approximate surface area is 165 Å². The standard InChI is InChI=1S/C19H14ClF3N2O2S/c20-15-6-7-17(16(12-15)19(21,22)23)28(26,27)25-18(13-4-2-1-3-5-13)14-8-10-24-11-9-14/h1-12,18,25H. The van der Waals surface area contributed by atoms with E-state index in [-0.39, 0.29) is 5.02 Å². The SMILES string of the molecule is O=S(=O)(NC(c1ccccc1)c1ccncc1)c1ccc(Cl)cc1C(F)(F)F. The molecule has 0 aliphatic rings. The molecule has 4 nitrogen and oxygen atoms in total. The van der Waals surface area contributed by atoms with Crippen molar-refractivity contribution in [3.05, 3.63) is 94.8 Å². The number of hydrogen-bond acceptors (Lipinski definition) is 3. The predicted octanol–water partition coefficient (Wildman–Crippen LogP) is 4.82. The summed E-state index contributed by atoms with van der Waals surface area (Å²) >= 11 is 5.65. The minimum atomic E-state index is -4.88. The lowest BCUT2D eigenvalue weighted by molar-refractivity contribution is -0.139. The summed E-state index contributed by atoms with van der Waals surface area (Å²) in [6.07, 6.45) is -1.93. The monoisotopic (exact) mass is 426 g/mol. The van der Waals surface area contributed by atoms with Crippen molar-refractivity contribution in [3.63, 3.8) is 0 Å². The van der Waals surface area contributed by atoms with Crippen LogP contribution >= 0.6 is 11.6 Å². The van der Waals surface area contributed by atoms with Crippen molar-refractivity contribution in [2.24, 2.45) is 0 Å². The summed E-state index contributed by atoms with van der Waals surface area (Å²) < 4.78 is 68.3. The highest BCUT2D eigenvalue weighted by Crippen LogP contribution is 2.36. The van der Waals surface area contributed by atoms with E-state index in [2.05, 4.69) is 9.71 Å². The molecule has 9 heteroatoms. The van der Waals surface area contributed by atoms with Gasteiger partial charge in [0.05, 0.1) is 16.5 Å². The van der Waals surface area contributed by atoms with Gasteiger partial charge in [0, 0.05) is 17.4 Å². The Morgan fingerprint density at radius 2 is 1.54 bits per heavy atom. The number of rotatable bonds is 5. The van der Waals surface area contributed by atoms with Crippen LogP contribution in [-0.2, 0) is 16.2 Å². The Hall–Kier alpha value is -2.42. The molecule has 1 heterocycles. The largest absolute Gasteiger partial charge is 0.417 e. The maximum atomic E-state index is 13.4. The molecular weight excluding hydrogens is 413 g/mol. The Balaban J connectivity index is 2.09. The van der Waals surface area contributed by atoms with Gasteiger partial charge >= 0.3 is 6.18 Å². The van der Waals surface area contributed by atoms with Crippen LogP contribution in [0.5, 0.6) is 0 Å². The van der Waals surface area contributed by atoms with Gasteiger partial charge in [-0.2, -0.15) is 17.9 Å². The molecular formula is C19H14ClF3N2O2S. The lowest BCUT2D eigenvalue weighted by Crippen LogP contribution is -2.31. The van der Waals surface area contributed by atoms with Crippen LogP contribution in [0.3, 0.4) is 0 Å². The Morgan fingerprint density at radius 3 is 2.14 bits per heavy atom. The molecule has 0 saturated carbocycles. The number of benzene rings is 2. The maximum absolute atomic E-state index is 13.4. The molecule has 3 aromatic rings. The van der Waals surface area contributed by atoms with Crippen LogP contribution in [0.4, 0.5) is 13.2 Å². The highest BCUT2D eigenvalue weighted by atomic mass is 35.5. The summed E-state index contributed by atoms with van der Waals surface area (Å²) in [4.78, 5) is 3.00. The summed E-state index contributed by atoms with van der Waals surface area (Å²) in [7, 11) is -4.54. The fraction of sp³-hybridized carbons (Fsp3) is 0.105. The van der Waals surface area contributed by atoms with Gasteiger partial charge in [-0.3, -0.25) is 4.98 Å². The molecule has 1 N–H and O–H groups in total. The number of hydrogen-bond donors (Lipinski definition) is 1. The van der Waals surface area contributed by atoms with E-state index in [0.717, 1.165) is 12.1 Å². The highest BCUT2D eigenvalue weighted by molar-refractivity contribution is 7.89. The molecule has 0 amide bonds. The quantitative estimate of drug-likeness (QED) is 0.636. The van der Waals surface area contributed by atoms with Crippen molar-refractivity contribution in [1.29, 1.82) is 0 Å². The molecule has 3 rings (SSSR count). The summed E-state index contributed by atoms with van der Waals surface area (Å²) in [5.41, 5.74) is -0.221. The van der Waals surface area contributed by atoms with E-state index in [1.165, 1.54) is 12.4 Å². The number of nitrogens with zero attached hydrogens (tertiary/aromatic N) is 1. The topological polar surface area (TPSA) is 59.1 Å². The smallest absolute Gasteiger partial charge is 0.265 e. The highest BCUT2D eigenvalue weighted by Gasteiger charge is 2.38. The van der Waals surface area contributed by atoms with E-state index in [0.29, 0.717) is 17.2 Å². The lowest BCUT2D eigenvalue weighted by Gasteiger charge is -2.21. The van der Waals surface area contributed by atoms with Crippen molar-refractivity contribution < 1.29 is 21.6 Å². The normalized spacial score (nSPS) is 13.3. The number of sulfonamides is 1.